The van der Waals surface area contributed by atoms with Crippen LogP contribution in [0.25, 0.3) is 10.2 Å². The summed E-state index contributed by atoms with van der Waals surface area (Å²) in [6.45, 7) is 1.54. The van der Waals surface area contributed by atoms with Crippen molar-refractivity contribution < 1.29 is 9.18 Å². The number of anilines is 1. The minimum Gasteiger partial charge on any atom is -0.347 e. The highest BCUT2D eigenvalue weighted by Crippen LogP contribution is 2.31. The molecule has 2 aromatic heterocycles. The molecule has 1 fully saturated rings. The summed E-state index contributed by atoms with van der Waals surface area (Å²) in [6, 6.07) is 8.55. The molecule has 25 heavy (non-hydrogen) atoms. The van der Waals surface area contributed by atoms with E-state index in [1.165, 1.54) is 17.4 Å². The minimum absolute atomic E-state index is 0.0401. The Bertz CT molecular complexity index is 898. The molecule has 1 aromatic carbocycles. The van der Waals surface area contributed by atoms with Crippen LogP contribution in [0.5, 0.6) is 0 Å². The zero-order valence-corrected chi connectivity index (χ0v) is 14.3. The number of rotatable bonds is 3. The highest BCUT2D eigenvalue weighted by Gasteiger charge is 2.24. The number of para-hydroxylation sites is 1. The molecular formula is C18H17FN4OS. The fourth-order valence-electron chi connectivity index (χ4n) is 3.07. The lowest BCUT2D eigenvalue weighted by Crippen LogP contribution is -2.47. The summed E-state index contributed by atoms with van der Waals surface area (Å²) >= 11 is 1.49. The third-order valence-corrected chi connectivity index (χ3v) is 5.39. The van der Waals surface area contributed by atoms with Crippen molar-refractivity contribution in [3.8, 4) is 0 Å². The predicted octanol–water partition coefficient (Wildman–Crippen LogP) is 3.23. The van der Waals surface area contributed by atoms with Crippen LogP contribution in [-0.4, -0.2) is 35.0 Å². The van der Waals surface area contributed by atoms with Gasteiger partial charge in [-0.1, -0.05) is 17.4 Å². The van der Waals surface area contributed by atoms with E-state index >= 15 is 0 Å². The fraction of sp³-hybridized carbons (Fsp3) is 0.278. The molecule has 1 saturated heterocycles. The van der Waals surface area contributed by atoms with Gasteiger partial charge >= 0.3 is 0 Å². The molecule has 7 heteroatoms. The van der Waals surface area contributed by atoms with Gasteiger partial charge in [-0.15, -0.1) is 0 Å². The van der Waals surface area contributed by atoms with Gasteiger partial charge in [-0.25, -0.2) is 9.37 Å². The first-order chi connectivity index (χ1) is 12.2. The first kappa shape index (κ1) is 16.0. The van der Waals surface area contributed by atoms with Gasteiger partial charge in [0, 0.05) is 31.5 Å². The van der Waals surface area contributed by atoms with Gasteiger partial charge in [0.1, 0.15) is 11.3 Å². The molecule has 1 N–H and O–H groups in total. The molecule has 1 amide bonds. The quantitative estimate of drug-likeness (QED) is 0.783. The van der Waals surface area contributed by atoms with Crippen LogP contribution in [0.15, 0.2) is 42.7 Å². The number of hydrogen-bond acceptors (Lipinski definition) is 5. The number of nitrogens with zero attached hydrogens (tertiary/aromatic N) is 3. The molecule has 5 nitrogen and oxygen atoms in total. The first-order valence-corrected chi connectivity index (χ1v) is 9.03. The van der Waals surface area contributed by atoms with Crippen molar-refractivity contribution >= 4 is 32.6 Å². The Morgan fingerprint density at radius 1 is 1.32 bits per heavy atom. The summed E-state index contributed by atoms with van der Waals surface area (Å²) in [5.74, 6) is -0.409. The number of carbonyl (C=O) groups excluding carboxylic acids is 1. The summed E-state index contributed by atoms with van der Waals surface area (Å²) in [6.07, 6.45) is 5.08. The second-order valence-corrected chi connectivity index (χ2v) is 7.09. The Morgan fingerprint density at radius 2 is 2.24 bits per heavy atom. The number of fused-ring (bicyclic) bond motifs is 1. The molecule has 1 aliphatic rings. The summed E-state index contributed by atoms with van der Waals surface area (Å²) in [5.41, 5.74) is 0.978. The van der Waals surface area contributed by atoms with Crippen LogP contribution in [0, 0.1) is 5.82 Å². The third-order valence-electron chi connectivity index (χ3n) is 4.31. The maximum atomic E-state index is 13.9. The molecule has 3 heterocycles. The second-order valence-electron chi connectivity index (χ2n) is 6.08. The van der Waals surface area contributed by atoms with E-state index in [9.17, 15) is 9.18 Å². The lowest BCUT2D eigenvalue weighted by Gasteiger charge is -2.32. The van der Waals surface area contributed by atoms with Gasteiger partial charge in [-0.05, 0) is 37.1 Å². The van der Waals surface area contributed by atoms with Crippen molar-refractivity contribution in [1.82, 2.24) is 15.3 Å². The fourth-order valence-corrected chi connectivity index (χ4v) is 4.09. The van der Waals surface area contributed by atoms with Crippen molar-refractivity contribution in [2.45, 2.75) is 18.9 Å². The van der Waals surface area contributed by atoms with Gasteiger partial charge in [0.15, 0.2) is 5.13 Å². The largest absolute Gasteiger partial charge is 0.347 e. The Morgan fingerprint density at radius 3 is 3.04 bits per heavy atom. The molecule has 1 atom stereocenters. The predicted molar refractivity (Wildman–Crippen MR) is 96.5 cm³/mol. The van der Waals surface area contributed by atoms with Crippen LogP contribution >= 0.6 is 11.3 Å². The highest BCUT2D eigenvalue weighted by molar-refractivity contribution is 7.22. The number of nitrogens with one attached hydrogen (secondary N) is 1. The number of hydrogen-bond donors (Lipinski definition) is 1. The smallest absolute Gasteiger partial charge is 0.253 e. The number of thiazole rings is 1. The Hall–Kier alpha value is -2.54. The van der Waals surface area contributed by atoms with E-state index in [1.807, 2.05) is 6.07 Å². The van der Waals surface area contributed by atoms with Gasteiger partial charge in [-0.2, -0.15) is 0 Å². The normalized spacial score (nSPS) is 17.6. The number of halogens is 1. The molecule has 0 radical (unpaired) electrons. The zero-order chi connectivity index (χ0) is 17.2. The van der Waals surface area contributed by atoms with Crippen LogP contribution in [0.2, 0.25) is 0 Å². The van der Waals surface area contributed by atoms with Crippen LogP contribution in [-0.2, 0) is 0 Å². The molecule has 4 rings (SSSR count). The number of piperidine rings is 1. The molecule has 0 bridgehead atoms. The monoisotopic (exact) mass is 356 g/mol. The average molecular weight is 356 g/mol. The third kappa shape index (κ3) is 3.32. The minimum atomic E-state index is -0.293. The van der Waals surface area contributed by atoms with Gasteiger partial charge in [0.2, 0.25) is 0 Å². The van der Waals surface area contributed by atoms with Crippen molar-refractivity contribution in [3.63, 3.8) is 0 Å². The van der Waals surface area contributed by atoms with Crippen molar-refractivity contribution in [2.24, 2.45) is 0 Å². The molecular weight excluding hydrogens is 339 g/mol. The van der Waals surface area contributed by atoms with Crippen molar-refractivity contribution in [1.29, 1.82) is 0 Å². The van der Waals surface area contributed by atoms with Gasteiger partial charge < -0.3 is 10.2 Å². The van der Waals surface area contributed by atoms with E-state index in [1.54, 1.807) is 30.6 Å². The van der Waals surface area contributed by atoms with E-state index in [0.717, 1.165) is 29.2 Å². The van der Waals surface area contributed by atoms with Crippen molar-refractivity contribution in [3.05, 3.63) is 54.1 Å². The van der Waals surface area contributed by atoms with Gasteiger partial charge in [0.05, 0.1) is 10.3 Å². The molecule has 3 aromatic rings. The molecule has 128 valence electrons. The first-order valence-electron chi connectivity index (χ1n) is 8.21. The standard InChI is InChI=1S/C18H17FN4OS/c19-14-6-1-7-15-16(14)22-18(25-15)23-9-3-5-13(11-23)21-17(24)12-4-2-8-20-10-12/h1-2,4,6-8,10,13H,3,5,9,11H2,(H,21,24). The summed E-state index contributed by atoms with van der Waals surface area (Å²) in [5, 5.41) is 3.87. The summed E-state index contributed by atoms with van der Waals surface area (Å²) in [7, 11) is 0. The van der Waals surface area contributed by atoms with E-state index in [2.05, 4.69) is 20.2 Å². The van der Waals surface area contributed by atoms with E-state index in [-0.39, 0.29) is 17.8 Å². The number of aromatic nitrogens is 2. The number of amides is 1. The zero-order valence-electron chi connectivity index (χ0n) is 13.5. The summed E-state index contributed by atoms with van der Waals surface area (Å²) < 4.78 is 14.7. The van der Waals surface area contributed by atoms with E-state index in [0.29, 0.717) is 17.6 Å². The van der Waals surface area contributed by atoms with E-state index in [4.69, 9.17) is 0 Å². The van der Waals surface area contributed by atoms with Gasteiger partial charge in [0.25, 0.3) is 5.91 Å². The Kier molecular flexibility index (Phi) is 4.31. The molecule has 1 unspecified atom stereocenters. The maximum absolute atomic E-state index is 13.9. The van der Waals surface area contributed by atoms with Gasteiger partial charge in [-0.3, -0.25) is 9.78 Å². The van der Waals surface area contributed by atoms with E-state index < -0.39 is 0 Å². The molecule has 0 spiro atoms. The van der Waals surface area contributed by atoms with Crippen LogP contribution in [0.4, 0.5) is 9.52 Å². The number of carbonyl (C=O) groups is 1. The Labute approximate surface area is 148 Å². The number of benzene rings is 1. The molecule has 1 aliphatic heterocycles. The lowest BCUT2D eigenvalue weighted by atomic mass is 10.1. The van der Waals surface area contributed by atoms with Crippen LogP contribution in [0.3, 0.4) is 0 Å². The number of pyridine rings is 1. The summed E-state index contributed by atoms with van der Waals surface area (Å²) in [4.78, 5) is 22.9. The van der Waals surface area contributed by atoms with Crippen molar-refractivity contribution in [2.75, 3.05) is 18.0 Å². The second kappa shape index (κ2) is 6.76. The molecule has 0 aliphatic carbocycles. The van der Waals surface area contributed by atoms with Crippen LogP contribution < -0.4 is 10.2 Å². The molecule has 0 saturated carbocycles. The Balaban J connectivity index is 1.48. The maximum Gasteiger partial charge on any atom is 0.253 e. The SMILES string of the molecule is O=C(NC1CCCN(c2nc3c(F)cccc3s2)C1)c1cccnc1. The van der Waals surface area contributed by atoms with Crippen LogP contribution in [0.1, 0.15) is 23.2 Å². The highest BCUT2D eigenvalue weighted by atomic mass is 32.1. The average Bonchev–Trinajstić information content (AvgIpc) is 3.08. The topological polar surface area (TPSA) is 58.1 Å². The lowest BCUT2D eigenvalue weighted by molar-refractivity contribution is 0.0933.